The van der Waals surface area contributed by atoms with Gasteiger partial charge in [-0.2, -0.15) is 0 Å². The number of nitrogens with one attached hydrogen (secondary N) is 1. The SMILES string of the molecule is Cc1cc2nccc(Oc3cc(F)c(NC(=O)C4(C)CC4)cc3F)c2cc1C. The van der Waals surface area contributed by atoms with Gasteiger partial charge in [-0.1, -0.05) is 6.92 Å². The smallest absolute Gasteiger partial charge is 0.230 e. The second-order valence-electron chi connectivity index (χ2n) is 7.64. The fraction of sp³-hybridized carbons (Fsp3) is 0.273. The van der Waals surface area contributed by atoms with Gasteiger partial charge in [-0.25, -0.2) is 8.78 Å². The predicted octanol–water partition coefficient (Wildman–Crippen LogP) is 5.66. The van der Waals surface area contributed by atoms with E-state index in [4.69, 9.17) is 4.74 Å². The number of aromatic nitrogens is 1. The number of carbonyl (C=O) groups excluding carboxylic acids is 1. The Balaban J connectivity index is 1.65. The number of hydrogen-bond donors (Lipinski definition) is 1. The lowest BCUT2D eigenvalue weighted by molar-refractivity contribution is -0.120. The van der Waals surface area contributed by atoms with Crippen LogP contribution in [0.15, 0.2) is 36.5 Å². The molecule has 4 rings (SSSR count). The Morgan fingerprint density at radius 1 is 1.07 bits per heavy atom. The van der Waals surface area contributed by atoms with E-state index in [1.807, 2.05) is 26.0 Å². The molecule has 0 unspecified atom stereocenters. The summed E-state index contributed by atoms with van der Waals surface area (Å²) >= 11 is 0. The quantitative estimate of drug-likeness (QED) is 0.633. The van der Waals surface area contributed by atoms with E-state index in [1.54, 1.807) is 19.2 Å². The molecule has 1 heterocycles. The Hall–Kier alpha value is -3.02. The van der Waals surface area contributed by atoms with Crippen LogP contribution in [0, 0.1) is 30.9 Å². The van der Waals surface area contributed by atoms with Gasteiger partial charge in [-0.3, -0.25) is 9.78 Å². The topological polar surface area (TPSA) is 51.2 Å². The van der Waals surface area contributed by atoms with Crippen molar-refractivity contribution in [1.82, 2.24) is 4.98 Å². The zero-order valence-corrected chi connectivity index (χ0v) is 15.9. The second kappa shape index (κ2) is 6.55. The van der Waals surface area contributed by atoms with Crippen molar-refractivity contribution in [3.8, 4) is 11.5 Å². The van der Waals surface area contributed by atoms with Crippen LogP contribution in [-0.2, 0) is 4.79 Å². The molecule has 0 aliphatic heterocycles. The molecule has 0 spiro atoms. The van der Waals surface area contributed by atoms with Crippen LogP contribution in [0.4, 0.5) is 14.5 Å². The van der Waals surface area contributed by atoms with E-state index < -0.39 is 17.0 Å². The van der Waals surface area contributed by atoms with E-state index in [2.05, 4.69) is 10.3 Å². The first-order chi connectivity index (χ1) is 13.3. The van der Waals surface area contributed by atoms with Crippen molar-refractivity contribution in [2.45, 2.75) is 33.6 Å². The molecule has 0 radical (unpaired) electrons. The minimum Gasteiger partial charge on any atom is -0.453 e. The summed E-state index contributed by atoms with van der Waals surface area (Å²) in [4.78, 5) is 16.4. The van der Waals surface area contributed by atoms with Crippen molar-refractivity contribution in [3.63, 3.8) is 0 Å². The van der Waals surface area contributed by atoms with E-state index in [9.17, 15) is 13.6 Å². The van der Waals surface area contributed by atoms with Gasteiger partial charge in [0.1, 0.15) is 5.75 Å². The summed E-state index contributed by atoms with van der Waals surface area (Å²) in [7, 11) is 0. The molecule has 0 atom stereocenters. The maximum atomic E-state index is 14.6. The Morgan fingerprint density at radius 3 is 2.50 bits per heavy atom. The number of fused-ring (bicyclic) bond motifs is 1. The van der Waals surface area contributed by atoms with E-state index in [1.165, 1.54) is 0 Å². The third-order valence-corrected chi connectivity index (χ3v) is 5.35. The number of benzene rings is 2. The molecule has 4 nitrogen and oxygen atoms in total. The molecule has 1 N–H and O–H groups in total. The highest BCUT2D eigenvalue weighted by Crippen LogP contribution is 2.46. The highest BCUT2D eigenvalue weighted by Gasteiger charge is 2.45. The van der Waals surface area contributed by atoms with Crippen molar-refractivity contribution in [3.05, 3.63) is 59.3 Å². The number of hydrogen-bond acceptors (Lipinski definition) is 3. The lowest BCUT2D eigenvalue weighted by Crippen LogP contribution is -2.22. The van der Waals surface area contributed by atoms with Crippen LogP contribution in [0.3, 0.4) is 0 Å². The molecule has 1 saturated carbocycles. The first-order valence-corrected chi connectivity index (χ1v) is 9.11. The molecule has 1 aromatic heterocycles. The van der Waals surface area contributed by atoms with Crippen molar-refractivity contribution >= 4 is 22.5 Å². The van der Waals surface area contributed by atoms with Crippen LogP contribution in [0.5, 0.6) is 11.5 Å². The minimum atomic E-state index is -0.758. The number of ether oxygens (including phenoxy) is 1. The van der Waals surface area contributed by atoms with Gasteiger partial charge in [0.2, 0.25) is 5.91 Å². The van der Waals surface area contributed by atoms with Crippen molar-refractivity contribution in [1.29, 1.82) is 0 Å². The fourth-order valence-corrected chi connectivity index (χ4v) is 2.98. The molecule has 1 fully saturated rings. The Bertz CT molecular complexity index is 1110. The molecule has 0 saturated heterocycles. The molecule has 144 valence electrons. The summed E-state index contributed by atoms with van der Waals surface area (Å²) in [5.41, 5.74) is 2.17. The van der Waals surface area contributed by atoms with Crippen LogP contribution in [0.1, 0.15) is 30.9 Å². The average Bonchev–Trinajstić information content (AvgIpc) is 3.40. The molecule has 3 aromatic rings. The summed E-state index contributed by atoms with van der Waals surface area (Å²) in [5.74, 6) is -1.68. The maximum Gasteiger partial charge on any atom is 0.230 e. The molecule has 1 amide bonds. The largest absolute Gasteiger partial charge is 0.453 e. The molecule has 6 heteroatoms. The average molecular weight is 382 g/mol. The number of halogens is 2. The number of anilines is 1. The number of pyridine rings is 1. The third kappa shape index (κ3) is 3.30. The molecule has 2 aromatic carbocycles. The minimum absolute atomic E-state index is 0.186. The van der Waals surface area contributed by atoms with Gasteiger partial charge >= 0.3 is 0 Å². The van der Waals surface area contributed by atoms with E-state index in [0.717, 1.165) is 36.1 Å². The van der Waals surface area contributed by atoms with E-state index in [0.29, 0.717) is 16.7 Å². The van der Waals surface area contributed by atoms with Gasteiger partial charge in [0.25, 0.3) is 0 Å². The highest BCUT2D eigenvalue weighted by molar-refractivity contribution is 5.97. The maximum absolute atomic E-state index is 14.6. The van der Waals surface area contributed by atoms with Crippen LogP contribution in [-0.4, -0.2) is 10.9 Å². The van der Waals surface area contributed by atoms with Crippen molar-refractivity contribution in [2.24, 2.45) is 5.41 Å². The second-order valence-corrected chi connectivity index (χ2v) is 7.64. The van der Waals surface area contributed by atoms with Crippen LogP contribution in [0.25, 0.3) is 10.9 Å². The number of nitrogens with zero attached hydrogens (tertiary/aromatic N) is 1. The van der Waals surface area contributed by atoms with Crippen LogP contribution < -0.4 is 10.1 Å². The molecule has 0 bridgehead atoms. The number of carbonyl (C=O) groups is 1. The van der Waals surface area contributed by atoms with Crippen molar-refractivity contribution in [2.75, 3.05) is 5.32 Å². The predicted molar refractivity (Wildman–Crippen MR) is 104 cm³/mol. The Labute approximate surface area is 161 Å². The first-order valence-electron chi connectivity index (χ1n) is 9.11. The summed E-state index contributed by atoms with van der Waals surface area (Å²) < 4.78 is 34.7. The monoisotopic (exact) mass is 382 g/mol. The Morgan fingerprint density at radius 2 is 1.79 bits per heavy atom. The molecule has 1 aliphatic carbocycles. The highest BCUT2D eigenvalue weighted by atomic mass is 19.1. The third-order valence-electron chi connectivity index (χ3n) is 5.35. The zero-order valence-electron chi connectivity index (χ0n) is 15.9. The van der Waals surface area contributed by atoms with Gasteiger partial charge in [0, 0.05) is 29.1 Å². The standard InChI is InChI=1S/C22H20F2N2O2/c1-12-8-14-17(9-13(12)2)25-7-4-19(14)28-20-11-15(23)18(10-16(20)24)26-21(27)22(3)5-6-22/h4,7-11H,5-6H2,1-3H3,(H,26,27). The fourth-order valence-electron chi connectivity index (χ4n) is 2.98. The van der Waals surface area contributed by atoms with Gasteiger partial charge < -0.3 is 10.1 Å². The van der Waals surface area contributed by atoms with E-state index >= 15 is 0 Å². The van der Waals surface area contributed by atoms with Crippen molar-refractivity contribution < 1.29 is 18.3 Å². The van der Waals surface area contributed by atoms with Crippen LogP contribution in [0.2, 0.25) is 0 Å². The lowest BCUT2D eigenvalue weighted by Gasteiger charge is -2.14. The van der Waals surface area contributed by atoms with Gasteiger partial charge in [-0.15, -0.1) is 0 Å². The van der Waals surface area contributed by atoms with E-state index in [-0.39, 0.29) is 17.3 Å². The summed E-state index contributed by atoms with van der Waals surface area (Å²) in [6.07, 6.45) is 3.06. The summed E-state index contributed by atoms with van der Waals surface area (Å²) in [5, 5.41) is 3.18. The zero-order chi connectivity index (χ0) is 20.1. The van der Waals surface area contributed by atoms with Crippen LogP contribution >= 0.6 is 0 Å². The summed E-state index contributed by atoms with van der Waals surface area (Å²) in [6.45, 7) is 5.74. The molecule has 28 heavy (non-hydrogen) atoms. The molecule has 1 aliphatic rings. The lowest BCUT2D eigenvalue weighted by atomic mass is 10.1. The van der Waals surface area contributed by atoms with Gasteiger partial charge in [-0.05, 0) is 56.0 Å². The molecular weight excluding hydrogens is 362 g/mol. The molecular formula is C22H20F2N2O2. The number of rotatable bonds is 4. The first kappa shape index (κ1) is 18.3. The summed E-state index contributed by atoms with van der Waals surface area (Å²) in [6, 6.07) is 7.34. The normalized spacial score (nSPS) is 14.8. The number of aryl methyl sites for hydroxylation is 2. The van der Waals surface area contributed by atoms with Gasteiger partial charge in [0.15, 0.2) is 17.4 Å². The number of amides is 1. The Kier molecular flexibility index (Phi) is 4.29. The van der Waals surface area contributed by atoms with Gasteiger partial charge in [0.05, 0.1) is 11.2 Å².